The molecule has 3 aliphatic rings. The van der Waals surface area contributed by atoms with E-state index in [1.54, 1.807) is 21.3 Å². The van der Waals surface area contributed by atoms with Crippen LogP contribution in [0.2, 0.25) is 0 Å². The summed E-state index contributed by atoms with van der Waals surface area (Å²) in [6.45, 7) is 7.48. The van der Waals surface area contributed by atoms with E-state index < -0.39 is 11.8 Å². The highest BCUT2D eigenvalue weighted by Gasteiger charge is 2.45. The Hall–Kier alpha value is -2.32. The maximum atomic E-state index is 12.5. The number of fused-ring (bicyclic) bond motifs is 1. The van der Waals surface area contributed by atoms with E-state index in [1.807, 2.05) is 0 Å². The zero-order chi connectivity index (χ0) is 39.5. The van der Waals surface area contributed by atoms with Crippen molar-refractivity contribution >= 4 is 23.9 Å². The molecule has 0 aromatic heterocycles. The monoisotopic (exact) mass is 782 g/mol. The zero-order valence-electron chi connectivity index (χ0n) is 32.7. The Morgan fingerprint density at radius 1 is 0.481 bits per heavy atom. The Morgan fingerprint density at radius 2 is 0.778 bits per heavy atom. The van der Waals surface area contributed by atoms with Gasteiger partial charge in [-0.25, -0.2) is 0 Å². The zero-order valence-corrected chi connectivity index (χ0v) is 32.7. The highest BCUT2D eigenvalue weighted by Crippen LogP contribution is 2.36. The van der Waals surface area contributed by atoms with Crippen LogP contribution in [-0.4, -0.2) is 169 Å². The summed E-state index contributed by atoms with van der Waals surface area (Å²) in [6.07, 6.45) is 6.85. The number of methoxy groups -OCH3 is 3. The maximum absolute atomic E-state index is 12.5. The van der Waals surface area contributed by atoms with Crippen molar-refractivity contribution in [2.45, 2.75) is 51.4 Å². The van der Waals surface area contributed by atoms with Gasteiger partial charge in [-0.3, -0.25) is 19.2 Å². The molecule has 4 unspecified atom stereocenters. The fourth-order valence-corrected chi connectivity index (χ4v) is 5.71. The third kappa shape index (κ3) is 24.2. The predicted molar refractivity (Wildman–Crippen MR) is 192 cm³/mol. The van der Waals surface area contributed by atoms with E-state index in [0.717, 1.165) is 38.5 Å². The Morgan fingerprint density at radius 3 is 1.11 bits per heavy atom. The Labute approximate surface area is 320 Å². The largest absolute Gasteiger partial charge is 0.463 e. The molecule has 1 aliphatic heterocycles. The van der Waals surface area contributed by atoms with E-state index in [-0.39, 0.29) is 68.7 Å². The lowest BCUT2D eigenvalue weighted by Crippen LogP contribution is -2.35. The van der Waals surface area contributed by atoms with E-state index in [0.29, 0.717) is 98.7 Å². The smallest absolute Gasteiger partial charge is 0.317 e. The number of rotatable bonds is 28. The van der Waals surface area contributed by atoms with Crippen molar-refractivity contribution in [1.29, 1.82) is 0 Å². The number of ether oxygens (including phenoxy) is 12. The molecule has 2 saturated carbocycles. The molecule has 316 valence electrons. The third-order valence-corrected chi connectivity index (χ3v) is 8.54. The number of cyclic esters (lactones) is 2. The van der Waals surface area contributed by atoms with E-state index >= 15 is 0 Å². The normalized spacial score (nSPS) is 20.5. The quantitative estimate of drug-likeness (QED) is 0.0521. The molecule has 0 aromatic carbocycles. The van der Waals surface area contributed by atoms with E-state index in [2.05, 4.69) is 4.74 Å². The average Bonchev–Trinajstić information content (AvgIpc) is 3.49. The first-order valence-electron chi connectivity index (χ1n) is 19.0. The number of hydrogen-bond acceptors (Lipinski definition) is 17. The number of esters is 4. The summed E-state index contributed by atoms with van der Waals surface area (Å²) in [7, 11) is 4.86. The van der Waals surface area contributed by atoms with Crippen molar-refractivity contribution in [2.75, 3.05) is 140 Å². The van der Waals surface area contributed by atoms with Gasteiger partial charge in [0.1, 0.15) is 13.2 Å². The van der Waals surface area contributed by atoms with E-state index in [1.165, 1.54) is 0 Å². The number of hydrogen-bond donors (Lipinski definition) is 1. The molecular formula is C37H66O17. The van der Waals surface area contributed by atoms with Gasteiger partial charge in [-0.1, -0.05) is 25.7 Å². The molecule has 0 spiro atoms. The second-order valence-corrected chi connectivity index (χ2v) is 12.4. The third-order valence-electron chi connectivity index (χ3n) is 8.54. The van der Waals surface area contributed by atoms with Crippen LogP contribution >= 0.6 is 0 Å². The lowest BCUT2D eigenvalue weighted by molar-refractivity contribution is -0.164. The van der Waals surface area contributed by atoms with Gasteiger partial charge < -0.3 is 61.9 Å². The first-order chi connectivity index (χ1) is 26.4. The van der Waals surface area contributed by atoms with Crippen LogP contribution in [0.3, 0.4) is 0 Å². The van der Waals surface area contributed by atoms with Gasteiger partial charge in [0.15, 0.2) is 0 Å². The van der Waals surface area contributed by atoms with Gasteiger partial charge in [0.05, 0.1) is 129 Å². The fourth-order valence-electron chi connectivity index (χ4n) is 5.71. The molecule has 1 saturated heterocycles. The van der Waals surface area contributed by atoms with Gasteiger partial charge >= 0.3 is 23.9 Å². The van der Waals surface area contributed by atoms with Crippen molar-refractivity contribution in [1.82, 2.24) is 0 Å². The van der Waals surface area contributed by atoms with Crippen molar-refractivity contribution in [3.05, 3.63) is 0 Å². The average molecular weight is 783 g/mol. The second-order valence-electron chi connectivity index (χ2n) is 12.4. The van der Waals surface area contributed by atoms with Crippen LogP contribution in [0.25, 0.3) is 0 Å². The van der Waals surface area contributed by atoms with Crippen molar-refractivity contribution < 1.29 is 81.1 Å². The van der Waals surface area contributed by atoms with Crippen LogP contribution < -0.4 is 0 Å². The highest BCUT2D eigenvalue weighted by molar-refractivity contribution is 5.96. The van der Waals surface area contributed by atoms with Crippen LogP contribution in [0.15, 0.2) is 0 Å². The molecular weight excluding hydrogens is 716 g/mol. The van der Waals surface area contributed by atoms with Crippen molar-refractivity contribution in [3.63, 3.8) is 0 Å². The first kappa shape index (κ1) is 49.7. The minimum atomic E-state index is -0.469. The lowest BCUT2D eigenvalue weighted by Gasteiger charge is -2.28. The molecule has 54 heavy (non-hydrogen) atoms. The van der Waals surface area contributed by atoms with Crippen LogP contribution in [0, 0.1) is 23.7 Å². The molecule has 0 radical (unpaired) electrons. The summed E-state index contributed by atoms with van der Waals surface area (Å²) in [4.78, 5) is 46.9. The number of carbonyl (C=O) groups is 4. The number of aliphatic hydroxyl groups excluding tert-OH is 1. The Balaban J connectivity index is 0.000000531. The van der Waals surface area contributed by atoms with Crippen LogP contribution in [0.1, 0.15) is 51.4 Å². The van der Waals surface area contributed by atoms with Gasteiger partial charge in [0.25, 0.3) is 0 Å². The van der Waals surface area contributed by atoms with Crippen molar-refractivity contribution in [3.8, 4) is 0 Å². The maximum Gasteiger partial charge on any atom is 0.317 e. The highest BCUT2D eigenvalue weighted by atomic mass is 16.6. The molecule has 1 heterocycles. The van der Waals surface area contributed by atoms with E-state index in [4.69, 9.17) is 57.2 Å². The van der Waals surface area contributed by atoms with E-state index in [9.17, 15) is 19.2 Å². The Bertz CT molecular complexity index is 880. The summed E-state index contributed by atoms with van der Waals surface area (Å²) >= 11 is 0. The topological polar surface area (TPSA) is 199 Å². The van der Waals surface area contributed by atoms with Gasteiger partial charge in [-0.15, -0.1) is 0 Å². The standard InChI is InChI=1S/C22H40O10.C8H10O3.C7H16O4/c1-25-7-9-27-11-13-29-15-17-31-21(23)19-5-3-4-6-20(19)22(24)32-18-16-30-14-12-28-10-8-26-2;9-7-5-3-1-2-4-6(5)8(10)11-7;1-9-4-5-11-7-6-10-3-2-8/h19-20H,3-18H2,1-2H3;5-6H,1-4H2;8H,2-7H2,1H3. The summed E-state index contributed by atoms with van der Waals surface area (Å²) < 4.78 is 61.0. The molecule has 0 amide bonds. The molecule has 2 aliphatic carbocycles. The Kier molecular flexibility index (Phi) is 32.3. The number of carbonyl (C=O) groups excluding carboxylic acids is 4. The van der Waals surface area contributed by atoms with Gasteiger partial charge in [0, 0.05) is 21.3 Å². The molecule has 17 heteroatoms. The van der Waals surface area contributed by atoms with Gasteiger partial charge in [-0.2, -0.15) is 0 Å². The lowest BCUT2D eigenvalue weighted by atomic mass is 9.79. The molecule has 17 nitrogen and oxygen atoms in total. The molecule has 0 aromatic rings. The minimum absolute atomic E-state index is 0.0675. The molecule has 4 atom stereocenters. The molecule has 0 bridgehead atoms. The first-order valence-corrected chi connectivity index (χ1v) is 19.0. The van der Waals surface area contributed by atoms with Crippen LogP contribution in [0.4, 0.5) is 0 Å². The van der Waals surface area contributed by atoms with Gasteiger partial charge in [-0.05, 0) is 25.7 Å². The van der Waals surface area contributed by atoms with Crippen molar-refractivity contribution in [2.24, 2.45) is 23.7 Å². The van der Waals surface area contributed by atoms with Gasteiger partial charge in [0.2, 0.25) is 0 Å². The summed E-state index contributed by atoms with van der Waals surface area (Å²) in [5.74, 6) is -2.45. The summed E-state index contributed by atoms with van der Waals surface area (Å²) in [5, 5.41) is 8.32. The molecule has 3 rings (SSSR count). The van der Waals surface area contributed by atoms with Crippen LogP contribution in [-0.2, 0) is 76.0 Å². The summed E-state index contributed by atoms with van der Waals surface area (Å²) in [6, 6.07) is 0. The second kappa shape index (κ2) is 35.1. The molecule has 1 N–H and O–H groups in total. The molecule has 3 fully saturated rings. The predicted octanol–water partition coefficient (Wildman–Crippen LogP) is 1.77. The number of aliphatic hydroxyl groups is 1. The fraction of sp³-hybridized carbons (Fsp3) is 0.892. The SMILES string of the molecule is COCCOCCOCCO.COCCOCCOCCOC(=O)C1CCCCC1C(=O)OCCOCCOCCOC.O=C1OC(=O)C2CCCCC12. The van der Waals surface area contributed by atoms with Crippen LogP contribution in [0.5, 0.6) is 0 Å². The minimum Gasteiger partial charge on any atom is -0.463 e. The summed E-state index contributed by atoms with van der Waals surface area (Å²) in [5.41, 5.74) is 0.